The molecule has 0 radical (unpaired) electrons. The third kappa shape index (κ3) is 3.34. The molecule has 2 aliphatic heterocycles. The Morgan fingerprint density at radius 2 is 2.36 bits per heavy atom. The van der Waals surface area contributed by atoms with Crippen LogP contribution >= 0.6 is 0 Å². The molecule has 0 N–H and O–H groups in total. The molecule has 2 fully saturated rings. The molecule has 1 amide bonds. The Labute approximate surface area is 131 Å². The van der Waals surface area contributed by atoms with Gasteiger partial charge < -0.3 is 23.7 Å². The number of hydrogen-bond donors (Lipinski definition) is 0. The molecular weight excluding hydrogens is 284 g/mol. The summed E-state index contributed by atoms with van der Waals surface area (Å²) in [6.45, 7) is 3.95. The number of furan rings is 1. The van der Waals surface area contributed by atoms with Gasteiger partial charge >= 0.3 is 0 Å². The minimum Gasteiger partial charge on any atom is -0.459 e. The van der Waals surface area contributed by atoms with Crippen LogP contribution in [0.1, 0.15) is 17.0 Å². The first kappa shape index (κ1) is 15.5. The van der Waals surface area contributed by atoms with E-state index in [-0.39, 0.29) is 11.5 Å². The molecule has 3 heterocycles. The van der Waals surface area contributed by atoms with Gasteiger partial charge in [-0.3, -0.25) is 4.79 Å². The average molecular weight is 308 g/mol. The lowest BCUT2D eigenvalue weighted by atomic mass is 9.94. The molecule has 22 heavy (non-hydrogen) atoms. The Morgan fingerprint density at radius 3 is 3.09 bits per heavy atom. The van der Waals surface area contributed by atoms with Crippen LogP contribution in [0.15, 0.2) is 22.8 Å². The van der Waals surface area contributed by atoms with Gasteiger partial charge in [0.05, 0.1) is 32.6 Å². The Balaban J connectivity index is 1.69. The number of ether oxygens (including phenoxy) is 2. The van der Waals surface area contributed by atoms with Crippen LogP contribution in [0.5, 0.6) is 0 Å². The summed E-state index contributed by atoms with van der Waals surface area (Å²) in [6, 6.07) is 3.43. The molecule has 6 heteroatoms. The second kappa shape index (κ2) is 6.40. The molecular formula is C16H24N2O4. The van der Waals surface area contributed by atoms with Crippen LogP contribution in [0.25, 0.3) is 0 Å². The summed E-state index contributed by atoms with van der Waals surface area (Å²) < 4.78 is 17.1. The van der Waals surface area contributed by atoms with Crippen LogP contribution in [0.4, 0.5) is 0 Å². The summed E-state index contributed by atoms with van der Waals surface area (Å²) in [5.74, 6) is 0.770. The molecule has 2 saturated heterocycles. The van der Waals surface area contributed by atoms with Gasteiger partial charge in [0.2, 0.25) is 0 Å². The third-order valence-corrected chi connectivity index (χ3v) is 4.28. The van der Waals surface area contributed by atoms with E-state index in [2.05, 4.69) is 19.0 Å². The first-order valence-electron chi connectivity index (χ1n) is 7.77. The predicted molar refractivity (Wildman–Crippen MR) is 80.8 cm³/mol. The maximum atomic E-state index is 12.5. The van der Waals surface area contributed by atoms with E-state index in [1.165, 1.54) is 6.26 Å². The fraction of sp³-hybridized carbons (Fsp3) is 0.688. The van der Waals surface area contributed by atoms with Crippen molar-refractivity contribution in [3.63, 3.8) is 0 Å². The van der Waals surface area contributed by atoms with Crippen LogP contribution in [0.2, 0.25) is 0 Å². The maximum Gasteiger partial charge on any atom is 0.289 e. The van der Waals surface area contributed by atoms with E-state index in [0.717, 1.165) is 19.6 Å². The van der Waals surface area contributed by atoms with E-state index in [1.54, 1.807) is 17.0 Å². The van der Waals surface area contributed by atoms with Crippen LogP contribution in [0, 0.1) is 5.92 Å². The monoisotopic (exact) mass is 308 g/mol. The molecule has 1 aromatic heterocycles. The summed E-state index contributed by atoms with van der Waals surface area (Å²) in [5, 5.41) is 0. The average Bonchev–Trinajstić information content (AvgIpc) is 3.07. The second-order valence-electron chi connectivity index (χ2n) is 6.58. The highest BCUT2D eigenvalue weighted by molar-refractivity contribution is 5.91. The molecule has 2 aliphatic rings. The fourth-order valence-corrected chi connectivity index (χ4v) is 3.42. The van der Waals surface area contributed by atoms with E-state index >= 15 is 0 Å². The molecule has 2 atom stereocenters. The number of amides is 1. The fourth-order valence-electron chi connectivity index (χ4n) is 3.42. The summed E-state index contributed by atoms with van der Waals surface area (Å²) in [4.78, 5) is 16.5. The van der Waals surface area contributed by atoms with E-state index < -0.39 is 0 Å². The first-order valence-corrected chi connectivity index (χ1v) is 7.77. The predicted octanol–water partition coefficient (Wildman–Crippen LogP) is 1.09. The van der Waals surface area contributed by atoms with Crippen molar-refractivity contribution in [1.29, 1.82) is 0 Å². The Bertz CT molecular complexity index is 502. The Morgan fingerprint density at radius 1 is 1.50 bits per heavy atom. The van der Waals surface area contributed by atoms with Gasteiger partial charge in [-0.15, -0.1) is 0 Å². The molecule has 3 rings (SSSR count). The van der Waals surface area contributed by atoms with Crippen molar-refractivity contribution in [3.05, 3.63) is 24.2 Å². The Hall–Kier alpha value is -1.37. The van der Waals surface area contributed by atoms with Crippen molar-refractivity contribution in [2.45, 2.75) is 12.0 Å². The second-order valence-corrected chi connectivity index (χ2v) is 6.58. The molecule has 1 spiro atoms. The van der Waals surface area contributed by atoms with Gasteiger partial charge in [0, 0.05) is 13.1 Å². The van der Waals surface area contributed by atoms with Crippen molar-refractivity contribution in [3.8, 4) is 0 Å². The quantitative estimate of drug-likeness (QED) is 0.836. The lowest BCUT2D eigenvalue weighted by Crippen LogP contribution is -2.46. The Kier molecular flexibility index (Phi) is 4.52. The summed E-state index contributed by atoms with van der Waals surface area (Å²) in [5.41, 5.74) is -0.376. The SMILES string of the molecule is CN(C)C[C@@H]1CO[C@@]2(COCCN(C(=O)c3ccco3)C2)C1. The van der Waals surface area contributed by atoms with Gasteiger partial charge in [-0.25, -0.2) is 0 Å². The van der Waals surface area contributed by atoms with Crippen molar-refractivity contribution in [1.82, 2.24) is 9.80 Å². The van der Waals surface area contributed by atoms with Gasteiger partial charge in [0.25, 0.3) is 5.91 Å². The number of nitrogens with zero attached hydrogens (tertiary/aromatic N) is 2. The largest absolute Gasteiger partial charge is 0.459 e. The van der Waals surface area contributed by atoms with Crippen LogP contribution in [0.3, 0.4) is 0 Å². The van der Waals surface area contributed by atoms with Crippen molar-refractivity contribution in [2.24, 2.45) is 5.92 Å². The standard InChI is InChI=1S/C16H24N2O4/c1-17(2)9-13-8-16(22-10-13)11-18(5-7-20-12-16)15(19)14-4-3-6-21-14/h3-4,6,13H,5,7-12H2,1-2H3/t13-,16+/m1/s1. The third-order valence-electron chi connectivity index (χ3n) is 4.28. The number of carbonyl (C=O) groups excluding carboxylic acids is 1. The molecule has 0 unspecified atom stereocenters. The molecule has 6 nitrogen and oxygen atoms in total. The lowest BCUT2D eigenvalue weighted by molar-refractivity contribution is -0.0540. The van der Waals surface area contributed by atoms with Crippen LogP contribution < -0.4 is 0 Å². The number of rotatable bonds is 3. The minimum absolute atomic E-state index is 0.0884. The highest BCUT2D eigenvalue weighted by Gasteiger charge is 2.44. The van der Waals surface area contributed by atoms with Gasteiger partial charge in [0.1, 0.15) is 5.60 Å². The zero-order chi connectivity index (χ0) is 15.6. The number of hydrogen-bond acceptors (Lipinski definition) is 5. The van der Waals surface area contributed by atoms with Crippen molar-refractivity contribution >= 4 is 5.91 Å². The molecule has 1 aromatic rings. The molecule has 122 valence electrons. The van der Waals surface area contributed by atoms with Gasteiger partial charge in [-0.05, 0) is 38.6 Å². The summed E-state index contributed by atoms with van der Waals surface area (Å²) >= 11 is 0. The summed E-state index contributed by atoms with van der Waals surface area (Å²) in [6.07, 6.45) is 2.45. The van der Waals surface area contributed by atoms with E-state index in [4.69, 9.17) is 13.9 Å². The molecule has 0 aromatic carbocycles. The van der Waals surface area contributed by atoms with Gasteiger partial charge in [0.15, 0.2) is 5.76 Å². The summed E-state index contributed by atoms with van der Waals surface area (Å²) in [7, 11) is 4.14. The topological polar surface area (TPSA) is 55.2 Å². The van der Waals surface area contributed by atoms with E-state index in [9.17, 15) is 4.79 Å². The first-order chi connectivity index (χ1) is 10.6. The molecule has 0 bridgehead atoms. The van der Waals surface area contributed by atoms with E-state index in [1.807, 2.05) is 0 Å². The van der Waals surface area contributed by atoms with Crippen LogP contribution in [-0.4, -0.2) is 74.9 Å². The van der Waals surface area contributed by atoms with E-state index in [0.29, 0.717) is 38.0 Å². The molecule has 0 aliphatic carbocycles. The molecule has 0 saturated carbocycles. The maximum absolute atomic E-state index is 12.5. The van der Waals surface area contributed by atoms with Gasteiger partial charge in [-0.1, -0.05) is 0 Å². The highest BCUT2D eigenvalue weighted by atomic mass is 16.5. The lowest BCUT2D eigenvalue weighted by Gasteiger charge is -2.30. The van der Waals surface area contributed by atoms with Crippen molar-refractivity contribution in [2.75, 3.05) is 53.6 Å². The number of carbonyl (C=O) groups is 1. The minimum atomic E-state index is -0.376. The van der Waals surface area contributed by atoms with Gasteiger partial charge in [-0.2, -0.15) is 0 Å². The normalized spacial score (nSPS) is 29.2. The zero-order valence-electron chi connectivity index (χ0n) is 13.3. The van der Waals surface area contributed by atoms with Crippen LogP contribution in [-0.2, 0) is 9.47 Å². The highest BCUT2D eigenvalue weighted by Crippen LogP contribution is 2.33. The van der Waals surface area contributed by atoms with Crippen molar-refractivity contribution < 1.29 is 18.7 Å². The zero-order valence-corrected chi connectivity index (χ0v) is 13.3. The smallest absolute Gasteiger partial charge is 0.289 e.